The molecule has 20 heavy (non-hydrogen) atoms. The zero-order chi connectivity index (χ0) is 14.1. The minimum absolute atomic E-state index is 0.185. The van der Waals surface area contributed by atoms with Crippen LogP contribution in [0.2, 0.25) is 0 Å². The van der Waals surface area contributed by atoms with Crippen LogP contribution in [0.25, 0.3) is 0 Å². The third kappa shape index (κ3) is 2.48. The summed E-state index contributed by atoms with van der Waals surface area (Å²) >= 11 is 0. The maximum atomic E-state index is 13.2. The van der Waals surface area contributed by atoms with Crippen molar-refractivity contribution in [1.82, 2.24) is 0 Å². The molecule has 2 aromatic carbocycles. The van der Waals surface area contributed by atoms with Crippen LogP contribution in [0.4, 0.5) is 4.39 Å². The summed E-state index contributed by atoms with van der Waals surface area (Å²) in [6.45, 7) is 1.91. The summed E-state index contributed by atoms with van der Waals surface area (Å²) in [6.07, 6.45) is 3.90. The van der Waals surface area contributed by atoms with E-state index >= 15 is 0 Å². The van der Waals surface area contributed by atoms with E-state index in [1.54, 1.807) is 12.1 Å². The summed E-state index contributed by atoms with van der Waals surface area (Å²) in [6, 6.07) is 13.2. The molecule has 0 heterocycles. The monoisotopic (exact) mass is 269 g/mol. The summed E-state index contributed by atoms with van der Waals surface area (Å²) in [5.74, 6) is 0.498. The summed E-state index contributed by atoms with van der Waals surface area (Å²) in [5, 5.41) is 0. The average Bonchev–Trinajstić information content (AvgIpc) is 2.36. The van der Waals surface area contributed by atoms with Crippen molar-refractivity contribution in [3.8, 4) is 0 Å². The molecule has 0 bridgehead atoms. The molecule has 2 aromatic rings. The third-order valence-corrected chi connectivity index (χ3v) is 4.41. The van der Waals surface area contributed by atoms with Gasteiger partial charge in [0, 0.05) is 0 Å². The molecule has 0 saturated heterocycles. The van der Waals surface area contributed by atoms with Gasteiger partial charge in [-0.3, -0.25) is 0 Å². The highest BCUT2D eigenvalue weighted by Crippen LogP contribution is 2.37. The molecule has 3 rings (SSSR count). The van der Waals surface area contributed by atoms with Crippen LogP contribution in [0, 0.1) is 12.7 Å². The molecule has 1 fully saturated rings. The van der Waals surface area contributed by atoms with Gasteiger partial charge in [-0.25, -0.2) is 4.39 Å². The molecule has 1 nitrogen and oxygen atoms in total. The standard InChI is InChI=1S/C18H20FN/c1-12-10-16(19)8-9-17(12)18(20)15-7-3-6-14(11-15)13-4-2-5-13/h3,6-11,13,18H,2,4-5,20H2,1H3. The number of aryl methyl sites for hydroxylation is 1. The van der Waals surface area contributed by atoms with Crippen LogP contribution in [-0.2, 0) is 0 Å². The number of nitrogens with two attached hydrogens (primary N) is 1. The first-order chi connectivity index (χ1) is 9.65. The van der Waals surface area contributed by atoms with E-state index in [9.17, 15) is 4.39 Å². The van der Waals surface area contributed by atoms with Crippen LogP contribution in [0.5, 0.6) is 0 Å². The zero-order valence-corrected chi connectivity index (χ0v) is 11.8. The lowest BCUT2D eigenvalue weighted by Gasteiger charge is -2.27. The highest BCUT2D eigenvalue weighted by molar-refractivity contribution is 5.39. The van der Waals surface area contributed by atoms with Gasteiger partial charge in [-0.15, -0.1) is 0 Å². The topological polar surface area (TPSA) is 26.0 Å². The molecular formula is C18H20FN. The van der Waals surface area contributed by atoms with Crippen LogP contribution in [-0.4, -0.2) is 0 Å². The van der Waals surface area contributed by atoms with Gasteiger partial charge in [-0.1, -0.05) is 36.8 Å². The number of benzene rings is 2. The fraction of sp³-hybridized carbons (Fsp3) is 0.333. The van der Waals surface area contributed by atoms with E-state index in [0.717, 1.165) is 16.7 Å². The number of rotatable bonds is 3. The van der Waals surface area contributed by atoms with Gasteiger partial charge < -0.3 is 5.73 Å². The Morgan fingerprint density at radius 2 is 1.95 bits per heavy atom. The van der Waals surface area contributed by atoms with Gasteiger partial charge in [-0.05, 0) is 60.1 Å². The van der Waals surface area contributed by atoms with Crippen LogP contribution in [0.3, 0.4) is 0 Å². The molecule has 1 atom stereocenters. The minimum Gasteiger partial charge on any atom is -0.320 e. The van der Waals surface area contributed by atoms with E-state index in [1.807, 2.05) is 6.92 Å². The molecule has 2 heteroatoms. The van der Waals surface area contributed by atoms with E-state index in [0.29, 0.717) is 5.92 Å². The van der Waals surface area contributed by atoms with Crippen molar-refractivity contribution in [2.45, 2.75) is 38.1 Å². The Morgan fingerprint density at radius 3 is 2.60 bits per heavy atom. The predicted molar refractivity (Wildman–Crippen MR) is 80.2 cm³/mol. The first-order valence-corrected chi connectivity index (χ1v) is 7.26. The van der Waals surface area contributed by atoms with Crippen molar-refractivity contribution in [2.75, 3.05) is 0 Å². The fourth-order valence-corrected chi connectivity index (χ4v) is 2.92. The van der Waals surface area contributed by atoms with E-state index in [2.05, 4.69) is 24.3 Å². The maximum Gasteiger partial charge on any atom is 0.123 e. The van der Waals surface area contributed by atoms with Crippen molar-refractivity contribution in [3.05, 3.63) is 70.5 Å². The second-order valence-electron chi connectivity index (χ2n) is 5.78. The van der Waals surface area contributed by atoms with Crippen molar-refractivity contribution < 1.29 is 4.39 Å². The first kappa shape index (κ1) is 13.3. The Bertz CT molecular complexity index is 617. The Morgan fingerprint density at radius 1 is 1.15 bits per heavy atom. The van der Waals surface area contributed by atoms with Crippen LogP contribution < -0.4 is 5.73 Å². The summed E-state index contributed by atoms with van der Waals surface area (Å²) in [5.41, 5.74) is 10.8. The van der Waals surface area contributed by atoms with Crippen molar-refractivity contribution in [1.29, 1.82) is 0 Å². The second kappa shape index (κ2) is 5.37. The van der Waals surface area contributed by atoms with E-state index in [4.69, 9.17) is 5.73 Å². The van der Waals surface area contributed by atoms with Crippen LogP contribution >= 0.6 is 0 Å². The largest absolute Gasteiger partial charge is 0.320 e. The smallest absolute Gasteiger partial charge is 0.123 e. The average molecular weight is 269 g/mol. The highest BCUT2D eigenvalue weighted by Gasteiger charge is 2.20. The minimum atomic E-state index is -0.207. The SMILES string of the molecule is Cc1cc(F)ccc1C(N)c1cccc(C2CCC2)c1. The van der Waals surface area contributed by atoms with Crippen molar-refractivity contribution in [2.24, 2.45) is 5.73 Å². The number of halogens is 1. The lowest BCUT2D eigenvalue weighted by Crippen LogP contribution is -2.15. The normalized spacial score (nSPS) is 16.8. The lowest BCUT2D eigenvalue weighted by atomic mass is 9.79. The quantitative estimate of drug-likeness (QED) is 0.875. The van der Waals surface area contributed by atoms with Gasteiger partial charge in [0.25, 0.3) is 0 Å². The third-order valence-electron chi connectivity index (χ3n) is 4.41. The molecule has 2 N–H and O–H groups in total. The van der Waals surface area contributed by atoms with Crippen molar-refractivity contribution >= 4 is 0 Å². The molecule has 1 aliphatic rings. The molecule has 0 spiro atoms. The second-order valence-corrected chi connectivity index (χ2v) is 5.78. The fourth-order valence-electron chi connectivity index (χ4n) is 2.92. The number of hydrogen-bond acceptors (Lipinski definition) is 1. The molecule has 1 unspecified atom stereocenters. The van der Waals surface area contributed by atoms with Gasteiger partial charge in [-0.2, -0.15) is 0 Å². The van der Waals surface area contributed by atoms with E-state index in [1.165, 1.54) is 30.9 Å². The summed E-state index contributed by atoms with van der Waals surface area (Å²) in [4.78, 5) is 0. The lowest BCUT2D eigenvalue weighted by molar-refractivity contribution is 0.419. The Balaban J connectivity index is 1.91. The first-order valence-electron chi connectivity index (χ1n) is 7.26. The van der Waals surface area contributed by atoms with Crippen LogP contribution in [0.1, 0.15) is 53.5 Å². The van der Waals surface area contributed by atoms with Gasteiger partial charge >= 0.3 is 0 Å². The van der Waals surface area contributed by atoms with E-state index in [-0.39, 0.29) is 11.9 Å². The van der Waals surface area contributed by atoms with Gasteiger partial charge in [0.1, 0.15) is 5.82 Å². The predicted octanol–water partition coefficient (Wildman–Crippen LogP) is 4.45. The Kier molecular flexibility index (Phi) is 3.58. The summed E-state index contributed by atoms with van der Waals surface area (Å²) in [7, 11) is 0. The molecule has 104 valence electrons. The maximum absolute atomic E-state index is 13.2. The molecule has 1 aliphatic carbocycles. The summed E-state index contributed by atoms with van der Waals surface area (Å²) < 4.78 is 13.2. The molecular weight excluding hydrogens is 249 g/mol. The molecule has 0 amide bonds. The number of hydrogen-bond donors (Lipinski definition) is 1. The Hall–Kier alpha value is -1.67. The van der Waals surface area contributed by atoms with Gasteiger partial charge in [0.2, 0.25) is 0 Å². The Labute approximate surface area is 119 Å². The zero-order valence-electron chi connectivity index (χ0n) is 11.8. The van der Waals surface area contributed by atoms with E-state index < -0.39 is 0 Å². The van der Waals surface area contributed by atoms with Crippen LogP contribution in [0.15, 0.2) is 42.5 Å². The molecule has 0 aliphatic heterocycles. The molecule has 0 aromatic heterocycles. The molecule has 0 radical (unpaired) electrons. The molecule has 1 saturated carbocycles. The van der Waals surface area contributed by atoms with Gasteiger partial charge in [0.15, 0.2) is 0 Å². The highest BCUT2D eigenvalue weighted by atomic mass is 19.1. The van der Waals surface area contributed by atoms with Crippen molar-refractivity contribution in [3.63, 3.8) is 0 Å². The van der Waals surface area contributed by atoms with Gasteiger partial charge in [0.05, 0.1) is 6.04 Å².